The Hall–Kier alpha value is -0.770. The van der Waals surface area contributed by atoms with Crippen molar-refractivity contribution in [3.63, 3.8) is 0 Å². The molecular weight excluding hydrogens is 258 g/mol. The Morgan fingerprint density at radius 1 is 1.37 bits per heavy atom. The molecule has 3 nitrogen and oxygen atoms in total. The van der Waals surface area contributed by atoms with Gasteiger partial charge in [0.25, 0.3) is 0 Å². The average Bonchev–Trinajstić information content (AvgIpc) is 2.88. The molecule has 0 spiro atoms. The Kier molecular flexibility index (Phi) is 3.70. The fraction of sp³-hybridized carbons (Fsp3) is 0.600. The topological polar surface area (TPSA) is 41.3 Å². The van der Waals surface area contributed by atoms with Crippen LogP contribution in [-0.2, 0) is 0 Å². The summed E-state index contributed by atoms with van der Waals surface area (Å²) in [5.41, 5.74) is 7.12. The minimum atomic E-state index is 0.0104. The normalized spacial score (nSPS) is 31.2. The third kappa shape index (κ3) is 2.60. The molecule has 3 N–H and O–H groups in total. The summed E-state index contributed by atoms with van der Waals surface area (Å²) in [4.78, 5) is 2.61. The van der Waals surface area contributed by atoms with E-state index < -0.39 is 0 Å². The van der Waals surface area contributed by atoms with Crippen molar-refractivity contribution in [3.05, 3.63) is 29.3 Å². The lowest BCUT2D eigenvalue weighted by Gasteiger charge is -2.45. The summed E-state index contributed by atoms with van der Waals surface area (Å²) in [5, 5.41) is 4.42. The molecule has 104 valence electrons. The molecule has 0 bridgehead atoms. The molecule has 1 aromatic rings. The maximum absolute atomic E-state index is 6.26. The first-order chi connectivity index (χ1) is 9.22. The Labute approximate surface area is 120 Å². The molecule has 1 aromatic carbocycles. The van der Waals surface area contributed by atoms with Gasteiger partial charge in [-0.25, -0.2) is 0 Å². The molecule has 0 aromatic heterocycles. The second-order valence-corrected chi connectivity index (χ2v) is 6.28. The van der Waals surface area contributed by atoms with Gasteiger partial charge in [0.2, 0.25) is 0 Å². The Morgan fingerprint density at radius 3 is 3.00 bits per heavy atom. The summed E-state index contributed by atoms with van der Waals surface area (Å²) < 4.78 is 0. The number of fused-ring (bicyclic) bond motifs is 1. The number of halogens is 1. The summed E-state index contributed by atoms with van der Waals surface area (Å²) in [6.45, 7) is 3.08. The van der Waals surface area contributed by atoms with Crippen LogP contribution < -0.4 is 11.1 Å². The number of nitrogens with one attached hydrogen (secondary N) is 1. The molecule has 2 aliphatic heterocycles. The Bertz CT molecular complexity index is 451. The van der Waals surface area contributed by atoms with Crippen molar-refractivity contribution < 1.29 is 0 Å². The molecule has 2 atom stereocenters. The first-order valence-electron chi connectivity index (χ1n) is 7.19. The van der Waals surface area contributed by atoms with E-state index in [1.54, 1.807) is 0 Å². The van der Waals surface area contributed by atoms with Crippen LogP contribution in [0.25, 0.3) is 0 Å². The van der Waals surface area contributed by atoms with E-state index in [1.165, 1.54) is 19.4 Å². The van der Waals surface area contributed by atoms with Gasteiger partial charge in [-0.2, -0.15) is 0 Å². The molecule has 0 saturated carbocycles. The van der Waals surface area contributed by atoms with E-state index in [-0.39, 0.29) is 5.54 Å². The smallest absolute Gasteiger partial charge is 0.0637 e. The van der Waals surface area contributed by atoms with Crippen LogP contribution in [0.2, 0.25) is 5.02 Å². The van der Waals surface area contributed by atoms with Gasteiger partial charge < -0.3 is 16.0 Å². The van der Waals surface area contributed by atoms with Crippen LogP contribution in [0.5, 0.6) is 0 Å². The number of piperidine rings is 1. The molecular formula is C15H22ClN3. The third-order valence-corrected chi connectivity index (χ3v) is 5.00. The van der Waals surface area contributed by atoms with E-state index in [9.17, 15) is 0 Å². The predicted molar refractivity (Wildman–Crippen MR) is 80.7 cm³/mol. The molecule has 3 rings (SSSR count). The molecule has 4 heteroatoms. The van der Waals surface area contributed by atoms with Crippen molar-refractivity contribution in [1.82, 2.24) is 4.90 Å². The second kappa shape index (κ2) is 5.31. The fourth-order valence-electron chi connectivity index (χ4n) is 3.53. The lowest BCUT2D eigenvalue weighted by atomic mass is 9.83. The van der Waals surface area contributed by atoms with Gasteiger partial charge in [0.1, 0.15) is 0 Å². The number of hydrogen-bond acceptors (Lipinski definition) is 3. The zero-order chi connectivity index (χ0) is 13.3. The van der Waals surface area contributed by atoms with Gasteiger partial charge >= 0.3 is 0 Å². The number of rotatable bonds is 3. The molecule has 0 amide bonds. The molecule has 2 saturated heterocycles. The third-order valence-electron chi connectivity index (χ3n) is 4.67. The van der Waals surface area contributed by atoms with Crippen molar-refractivity contribution in [2.24, 2.45) is 5.73 Å². The van der Waals surface area contributed by atoms with Crippen molar-refractivity contribution in [2.75, 3.05) is 25.0 Å². The average molecular weight is 280 g/mol. The number of benzene rings is 1. The standard InChI is InChI=1S/C15H22ClN3/c16-13-5-1-2-6-14(13)18-15(11-17)7-9-19-8-3-4-12(19)10-15/h1-2,5-6,12,18H,3-4,7-11,17H2. The van der Waals surface area contributed by atoms with Gasteiger partial charge in [-0.3, -0.25) is 0 Å². The molecule has 0 radical (unpaired) electrons. The minimum Gasteiger partial charge on any atom is -0.377 e. The van der Waals surface area contributed by atoms with Gasteiger partial charge in [0.15, 0.2) is 0 Å². The van der Waals surface area contributed by atoms with Gasteiger partial charge in [-0.15, -0.1) is 0 Å². The summed E-state index contributed by atoms with van der Waals surface area (Å²) in [5.74, 6) is 0. The highest BCUT2D eigenvalue weighted by atomic mass is 35.5. The van der Waals surface area contributed by atoms with Crippen LogP contribution in [0.15, 0.2) is 24.3 Å². The zero-order valence-corrected chi connectivity index (χ0v) is 12.0. The number of anilines is 1. The highest BCUT2D eigenvalue weighted by Gasteiger charge is 2.40. The first-order valence-corrected chi connectivity index (χ1v) is 7.57. The number of nitrogens with zero attached hydrogens (tertiary/aromatic N) is 1. The van der Waals surface area contributed by atoms with Crippen molar-refractivity contribution in [3.8, 4) is 0 Å². The highest BCUT2D eigenvalue weighted by molar-refractivity contribution is 6.33. The first kappa shape index (κ1) is 13.2. The van der Waals surface area contributed by atoms with E-state index in [4.69, 9.17) is 17.3 Å². The zero-order valence-electron chi connectivity index (χ0n) is 11.2. The van der Waals surface area contributed by atoms with Crippen molar-refractivity contribution in [1.29, 1.82) is 0 Å². The Balaban J connectivity index is 1.78. The number of para-hydroxylation sites is 1. The number of hydrogen-bond donors (Lipinski definition) is 2. The van der Waals surface area contributed by atoms with E-state index in [1.807, 2.05) is 24.3 Å². The summed E-state index contributed by atoms with van der Waals surface area (Å²) in [6.07, 6.45) is 4.88. The highest BCUT2D eigenvalue weighted by Crippen LogP contribution is 2.36. The van der Waals surface area contributed by atoms with Crippen molar-refractivity contribution in [2.45, 2.75) is 37.3 Å². The molecule has 2 heterocycles. The van der Waals surface area contributed by atoms with Gasteiger partial charge in [-0.05, 0) is 44.4 Å². The largest absolute Gasteiger partial charge is 0.377 e. The van der Waals surface area contributed by atoms with E-state index in [0.717, 1.165) is 30.1 Å². The molecule has 2 fully saturated rings. The number of nitrogens with two attached hydrogens (primary N) is 1. The van der Waals surface area contributed by atoms with Gasteiger partial charge in [0, 0.05) is 19.1 Å². The molecule has 19 heavy (non-hydrogen) atoms. The maximum Gasteiger partial charge on any atom is 0.0637 e. The van der Waals surface area contributed by atoms with Crippen LogP contribution in [-0.4, -0.2) is 36.1 Å². The van der Waals surface area contributed by atoms with Gasteiger partial charge in [0.05, 0.1) is 16.2 Å². The lowest BCUT2D eigenvalue weighted by Crippen LogP contribution is -2.55. The molecule has 2 aliphatic rings. The molecule has 0 aliphatic carbocycles. The maximum atomic E-state index is 6.26. The fourth-order valence-corrected chi connectivity index (χ4v) is 3.71. The SMILES string of the molecule is NCC1(Nc2ccccc2Cl)CCN2CCCC2C1. The van der Waals surface area contributed by atoms with Crippen LogP contribution >= 0.6 is 11.6 Å². The quantitative estimate of drug-likeness (QED) is 0.894. The summed E-state index contributed by atoms with van der Waals surface area (Å²) >= 11 is 6.26. The monoisotopic (exact) mass is 279 g/mol. The van der Waals surface area contributed by atoms with Crippen LogP contribution in [0.1, 0.15) is 25.7 Å². The molecule has 2 unspecified atom stereocenters. The Morgan fingerprint density at radius 2 is 2.21 bits per heavy atom. The van der Waals surface area contributed by atoms with Gasteiger partial charge in [-0.1, -0.05) is 23.7 Å². The van der Waals surface area contributed by atoms with Crippen LogP contribution in [0, 0.1) is 0 Å². The van der Waals surface area contributed by atoms with E-state index >= 15 is 0 Å². The van der Waals surface area contributed by atoms with E-state index in [0.29, 0.717) is 12.6 Å². The van der Waals surface area contributed by atoms with E-state index in [2.05, 4.69) is 10.2 Å². The second-order valence-electron chi connectivity index (χ2n) is 5.88. The minimum absolute atomic E-state index is 0.0104. The summed E-state index contributed by atoms with van der Waals surface area (Å²) in [7, 11) is 0. The van der Waals surface area contributed by atoms with Crippen LogP contribution in [0.4, 0.5) is 5.69 Å². The lowest BCUT2D eigenvalue weighted by molar-refractivity contribution is 0.145. The summed E-state index contributed by atoms with van der Waals surface area (Å²) in [6, 6.07) is 8.65. The predicted octanol–water partition coefficient (Wildman–Crippen LogP) is 2.71. The van der Waals surface area contributed by atoms with Crippen molar-refractivity contribution >= 4 is 17.3 Å². The van der Waals surface area contributed by atoms with Crippen LogP contribution in [0.3, 0.4) is 0 Å².